The van der Waals surface area contributed by atoms with Crippen LogP contribution in [0.4, 0.5) is 0 Å². The van der Waals surface area contributed by atoms with Gasteiger partial charge in [0.25, 0.3) is 0 Å². The third-order valence-electron chi connectivity index (χ3n) is 1.88. The van der Waals surface area contributed by atoms with Gasteiger partial charge in [-0.1, -0.05) is 5.22 Å². The monoisotopic (exact) mass is 159 g/mol. The maximum Gasteiger partial charge on any atom is 0.104 e. The summed E-state index contributed by atoms with van der Waals surface area (Å²) in [7, 11) is 0. The molecule has 1 aliphatic heterocycles. The van der Waals surface area contributed by atoms with Gasteiger partial charge in [-0.2, -0.15) is 5.11 Å². The van der Waals surface area contributed by atoms with Crippen LogP contribution in [0.3, 0.4) is 0 Å². The van der Waals surface area contributed by atoms with Crippen molar-refractivity contribution >= 4 is 0 Å². The van der Waals surface area contributed by atoms with Gasteiger partial charge in [-0.05, 0) is 13.3 Å². The highest BCUT2D eigenvalue weighted by atomic mass is 16.5. The van der Waals surface area contributed by atoms with Crippen molar-refractivity contribution < 1.29 is 9.84 Å². The second-order valence-corrected chi connectivity index (χ2v) is 2.65. The molecule has 1 heterocycles. The standard InChI is InChI=1S/C6H13N3O2/c1-4-6(10)5(8-9-7)2-3-11-4/h4-6,10H,2-3H2,1H3,(H2,7,8)/t4-,5-,6+/m1/s1. The molecule has 11 heavy (non-hydrogen) atoms. The Hall–Kier alpha value is -0.680. The van der Waals surface area contributed by atoms with Crippen molar-refractivity contribution in [1.82, 2.24) is 0 Å². The molecule has 1 rings (SSSR count). The fourth-order valence-electron chi connectivity index (χ4n) is 1.17. The van der Waals surface area contributed by atoms with Gasteiger partial charge in [0.2, 0.25) is 0 Å². The third-order valence-corrected chi connectivity index (χ3v) is 1.88. The van der Waals surface area contributed by atoms with E-state index in [0.717, 1.165) is 0 Å². The van der Waals surface area contributed by atoms with E-state index < -0.39 is 6.10 Å². The van der Waals surface area contributed by atoms with Crippen molar-refractivity contribution in [1.29, 1.82) is 0 Å². The highest BCUT2D eigenvalue weighted by molar-refractivity contribution is 4.82. The van der Waals surface area contributed by atoms with Gasteiger partial charge in [0, 0.05) is 6.61 Å². The molecule has 1 saturated heterocycles. The minimum atomic E-state index is -0.573. The third kappa shape index (κ3) is 1.87. The number of rotatable bonds is 1. The molecule has 0 aromatic carbocycles. The molecule has 0 unspecified atom stereocenters. The Bertz CT molecular complexity index is 151. The van der Waals surface area contributed by atoms with E-state index in [-0.39, 0.29) is 12.1 Å². The second kappa shape index (κ2) is 3.64. The number of aliphatic hydroxyl groups is 1. The topological polar surface area (TPSA) is 80.2 Å². The molecule has 3 N–H and O–H groups in total. The van der Waals surface area contributed by atoms with Gasteiger partial charge in [0.05, 0.1) is 6.10 Å². The summed E-state index contributed by atoms with van der Waals surface area (Å²) in [6, 6.07) is -0.191. The highest BCUT2D eigenvalue weighted by Gasteiger charge is 2.29. The van der Waals surface area contributed by atoms with E-state index in [1.807, 2.05) is 6.92 Å². The zero-order valence-electron chi connectivity index (χ0n) is 6.47. The number of hydrogen-bond donors (Lipinski definition) is 2. The Labute approximate surface area is 65.2 Å². The number of nitrogens with two attached hydrogens (primary N) is 1. The lowest BCUT2D eigenvalue weighted by atomic mass is 10.0. The Kier molecular flexibility index (Phi) is 2.78. The lowest BCUT2D eigenvalue weighted by molar-refractivity contribution is -0.0748. The van der Waals surface area contributed by atoms with Gasteiger partial charge >= 0.3 is 0 Å². The van der Waals surface area contributed by atoms with Crippen molar-refractivity contribution in [2.45, 2.75) is 31.6 Å². The summed E-state index contributed by atoms with van der Waals surface area (Å²) in [6.45, 7) is 2.42. The van der Waals surface area contributed by atoms with Gasteiger partial charge in [-0.15, -0.1) is 0 Å². The van der Waals surface area contributed by atoms with Crippen molar-refractivity contribution in [3.8, 4) is 0 Å². The Morgan fingerprint density at radius 2 is 2.36 bits per heavy atom. The van der Waals surface area contributed by atoms with E-state index in [4.69, 9.17) is 10.6 Å². The zero-order chi connectivity index (χ0) is 8.27. The average molecular weight is 159 g/mol. The fraction of sp³-hybridized carbons (Fsp3) is 1.00. The molecule has 0 amide bonds. The maximum atomic E-state index is 9.43. The SMILES string of the molecule is C[C@H]1OCC[C@@H](N=NN)[C@H]1O. The summed E-state index contributed by atoms with van der Waals surface area (Å²) in [6.07, 6.45) is -0.0538. The van der Waals surface area contributed by atoms with Crippen molar-refractivity contribution in [2.75, 3.05) is 6.61 Å². The largest absolute Gasteiger partial charge is 0.388 e. The van der Waals surface area contributed by atoms with Crippen LogP contribution in [0.1, 0.15) is 13.3 Å². The van der Waals surface area contributed by atoms with E-state index in [1.165, 1.54) is 0 Å². The highest BCUT2D eigenvalue weighted by Crippen LogP contribution is 2.16. The lowest BCUT2D eigenvalue weighted by Crippen LogP contribution is -2.41. The summed E-state index contributed by atoms with van der Waals surface area (Å²) in [5.74, 6) is 4.87. The first-order valence-electron chi connectivity index (χ1n) is 3.65. The summed E-state index contributed by atoms with van der Waals surface area (Å²) in [4.78, 5) is 0. The molecule has 5 nitrogen and oxygen atoms in total. The maximum absolute atomic E-state index is 9.43. The summed E-state index contributed by atoms with van der Waals surface area (Å²) >= 11 is 0. The van der Waals surface area contributed by atoms with Crippen LogP contribution < -0.4 is 5.84 Å². The van der Waals surface area contributed by atoms with Crippen LogP contribution in [0.25, 0.3) is 0 Å². The molecule has 0 bridgehead atoms. The normalized spacial score (nSPS) is 39.6. The van der Waals surface area contributed by atoms with Crippen molar-refractivity contribution in [3.05, 3.63) is 0 Å². The Balaban J connectivity index is 2.51. The molecule has 0 radical (unpaired) electrons. The van der Waals surface area contributed by atoms with E-state index >= 15 is 0 Å². The second-order valence-electron chi connectivity index (χ2n) is 2.65. The molecular formula is C6H13N3O2. The number of nitrogens with zero attached hydrogens (tertiary/aromatic N) is 2. The van der Waals surface area contributed by atoms with Crippen LogP contribution in [0.15, 0.2) is 10.3 Å². The number of ether oxygens (including phenoxy) is 1. The minimum Gasteiger partial charge on any atom is -0.388 e. The van der Waals surface area contributed by atoms with Crippen LogP contribution in [0.2, 0.25) is 0 Å². The Morgan fingerprint density at radius 1 is 1.64 bits per heavy atom. The lowest BCUT2D eigenvalue weighted by Gasteiger charge is -2.29. The van der Waals surface area contributed by atoms with Gasteiger partial charge in [0.15, 0.2) is 0 Å². The van der Waals surface area contributed by atoms with Gasteiger partial charge in [0.1, 0.15) is 12.1 Å². The molecular weight excluding hydrogens is 146 g/mol. The molecule has 0 aromatic rings. The van der Waals surface area contributed by atoms with Crippen molar-refractivity contribution in [3.63, 3.8) is 0 Å². The zero-order valence-corrected chi connectivity index (χ0v) is 6.47. The Morgan fingerprint density at radius 3 is 3.00 bits per heavy atom. The molecule has 1 fully saturated rings. The first-order valence-corrected chi connectivity index (χ1v) is 3.65. The molecule has 3 atom stereocenters. The fourth-order valence-corrected chi connectivity index (χ4v) is 1.17. The first-order chi connectivity index (χ1) is 5.25. The van der Waals surface area contributed by atoms with Crippen LogP contribution in [-0.4, -0.2) is 30.0 Å². The predicted molar refractivity (Wildman–Crippen MR) is 38.9 cm³/mol. The van der Waals surface area contributed by atoms with E-state index in [1.54, 1.807) is 0 Å². The van der Waals surface area contributed by atoms with E-state index in [2.05, 4.69) is 10.3 Å². The quantitative estimate of drug-likeness (QED) is 0.317. The molecule has 64 valence electrons. The summed E-state index contributed by atoms with van der Waals surface area (Å²) < 4.78 is 5.17. The predicted octanol–water partition coefficient (Wildman–Crippen LogP) is -0.149. The molecule has 0 spiro atoms. The van der Waals surface area contributed by atoms with Crippen LogP contribution in [0.5, 0.6) is 0 Å². The molecule has 1 aliphatic rings. The van der Waals surface area contributed by atoms with Crippen LogP contribution in [-0.2, 0) is 4.74 Å². The first kappa shape index (κ1) is 8.42. The smallest absolute Gasteiger partial charge is 0.104 e. The van der Waals surface area contributed by atoms with Crippen LogP contribution in [0, 0.1) is 0 Å². The minimum absolute atomic E-state index is 0.167. The molecule has 0 saturated carbocycles. The molecule has 0 aromatic heterocycles. The summed E-state index contributed by atoms with van der Waals surface area (Å²) in [5, 5.41) is 16.3. The molecule has 0 aliphatic carbocycles. The number of aliphatic hydroxyl groups excluding tert-OH is 1. The van der Waals surface area contributed by atoms with Crippen molar-refractivity contribution in [2.24, 2.45) is 16.2 Å². The van der Waals surface area contributed by atoms with E-state index in [9.17, 15) is 5.11 Å². The summed E-state index contributed by atoms with van der Waals surface area (Å²) in [5.41, 5.74) is 0. The van der Waals surface area contributed by atoms with Crippen LogP contribution >= 0.6 is 0 Å². The van der Waals surface area contributed by atoms with Gasteiger partial charge in [-0.25, -0.2) is 0 Å². The van der Waals surface area contributed by atoms with Gasteiger partial charge < -0.3 is 15.7 Å². The molecule has 5 heteroatoms. The number of hydrogen-bond acceptors (Lipinski definition) is 4. The van der Waals surface area contributed by atoms with E-state index in [0.29, 0.717) is 13.0 Å². The van der Waals surface area contributed by atoms with Gasteiger partial charge in [-0.3, -0.25) is 0 Å². The average Bonchev–Trinajstić information content (AvgIpc) is 1.99.